The number of hydrogen-bond donors (Lipinski definition) is 2. The molecule has 1 amide bonds. The molecule has 0 atom stereocenters. The van der Waals surface area contributed by atoms with Gasteiger partial charge in [0, 0.05) is 12.1 Å². The highest BCUT2D eigenvalue weighted by Gasteiger charge is 2.52. The maximum atomic E-state index is 14.2. The number of carbonyl (C=O) groups is 2. The molecule has 3 rings (SSSR count). The molecule has 2 fully saturated rings. The Morgan fingerprint density at radius 3 is 2.32 bits per heavy atom. The van der Waals surface area contributed by atoms with Gasteiger partial charge in [-0.25, -0.2) is 4.39 Å². The summed E-state index contributed by atoms with van der Waals surface area (Å²) >= 11 is 0. The van der Waals surface area contributed by atoms with Crippen molar-refractivity contribution in [1.82, 2.24) is 5.32 Å². The van der Waals surface area contributed by atoms with Gasteiger partial charge >= 0.3 is 5.97 Å². The zero-order valence-corrected chi connectivity index (χ0v) is 12.4. The Kier molecular flexibility index (Phi) is 3.67. The van der Waals surface area contributed by atoms with Crippen molar-refractivity contribution in [3.05, 3.63) is 35.6 Å². The number of nitrogens with one attached hydrogen (secondary N) is 1. The summed E-state index contributed by atoms with van der Waals surface area (Å²) in [6.07, 6.45) is 4.17. The Morgan fingerprint density at radius 2 is 1.77 bits per heavy atom. The molecule has 0 spiro atoms. The summed E-state index contributed by atoms with van der Waals surface area (Å²) in [6.45, 7) is 0.136. The van der Waals surface area contributed by atoms with Gasteiger partial charge in [0.1, 0.15) is 5.82 Å². The molecule has 4 nitrogen and oxygen atoms in total. The first-order chi connectivity index (χ1) is 10.5. The lowest BCUT2D eigenvalue weighted by Crippen LogP contribution is -2.46. The molecule has 1 aromatic carbocycles. The maximum Gasteiger partial charge on any atom is 0.311 e. The van der Waals surface area contributed by atoms with E-state index in [0.717, 1.165) is 12.8 Å². The lowest BCUT2D eigenvalue weighted by molar-refractivity contribution is -0.143. The minimum absolute atomic E-state index is 0.136. The largest absolute Gasteiger partial charge is 0.481 e. The van der Waals surface area contributed by atoms with Crippen LogP contribution in [0.25, 0.3) is 0 Å². The van der Waals surface area contributed by atoms with Crippen molar-refractivity contribution in [2.45, 2.75) is 43.9 Å². The number of aliphatic carboxylic acids is 1. The second kappa shape index (κ2) is 5.38. The molecule has 0 bridgehead atoms. The SMILES string of the molecule is O=C(O)C1(CNC(=O)C2(c3ccccc3F)CCCC2)CC1. The lowest BCUT2D eigenvalue weighted by Gasteiger charge is -2.29. The first-order valence-electron chi connectivity index (χ1n) is 7.77. The topological polar surface area (TPSA) is 66.4 Å². The van der Waals surface area contributed by atoms with E-state index in [4.69, 9.17) is 0 Å². The Bertz CT molecular complexity index is 604. The average molecular weight is 305 g/mol. The molecule has 2 aliphatic carbocycles. The Morgan fingerprint density at radius 1 is 1.14 bits per heavy atom. The maximum absolute atomic E-state index is 14.2. The molecule has 0 unspecified atom stereocenters. The van der Waals surface area contributed by atoms with Crippen LogP contribution in [0.15, 0.2) is 24.3 Å². The minimum atomic E-state index is -0.862. The van der Waals surface area contributed by atoms with Crippen LogP contribution in [-0.4, -0.2) is 23.5 Å². The van der Waals surface area contributed by atoms with Gasteiger partial charge in [-0.15, -0.1) is 0 Å². The molecule has 0 aliphatic heterocycles. The number of carbonyl (C=O) groups excluding carboxylic acids is 1. The molecule has 0 radical (unpaired) electrons. The summed E-state index contributed by atoms with van der Waals surface area (Å²) < 4.78 is 14.2. The van der Waals surface area contributed by atoms with Gasteiger partial charge in [-0.1, -0.05) is 31.0 Å². The smallest absolute Gasteiger partial charge is 0.311 e. The zero-order chi connectivity index (χ0) is 15.8. The van der Waals surface area contributed by atoms with Gasteiger partial charge in [0.25, 0.3) is 0 Å². The van der Waals surface area contributed by atoms with Gasteiger partial charge in [0.15, 0.2) is 0 Å². The fourth-order valence-electron chi connectivity index (χ4n) is 3.48. The molecule has 0 aromatic heterocycles. The summed E-state index contributed by atoms with van der Waals surface area (Å²) in [5, 5.41) is 12.0. The fourth-order valence-corrected chi connectivity index (χ4v) is 3.48. The summed E-state index contributed by atoms with van der Waals surface area (Å²) in [4.78, 5) is 24.0. The normalized spacial score (nSPS) is 21.3. The third-order valence-electron chi connectivity index (χ3n) is 5.18. The fraction of sp³-hybridized carbons (Fsp3) is 0.529. The van der Waals surface area contributed by atoms with Gasteiger partial charge in [0.2, 0.25) is 5.91 Å². The molecule has 118 valence electrons. The summed E-state index contributed by atoms with van der Waals surface area (Å²) in [5.41, 5.74) is -1.21. The van der Waals surface area contributed by atoms with Crippen LogP contribution in [0, 0.1) is 11.2 Å². The van der Waals surface area contributed by atoms with Crippen LogP contribution in [0.4, 0.5) is 4.39 Å². The van der Waals surface area contributed by atoms with E-state index < -0.39 is 16.8 Å². The number of carboxylic acid groups (broad SMARTS) is 1. The first-order valence-corrected chi connectivity index (χ1v) is 7.77. The number of amides is 1. The molecule has 22 heavy (non-hydrogen) atoms. The summed E-state index contributed by atoms with van der Waals surface area (Å²) in [7, 11) is 0. The molecule has 0 saturated heterocycles. The molecule has 2 saturated carbocycles. The summed E-state index contributed by atoms with van der Waals surface area (Å²) in [5.74, 6) is -1.46. The van der Waals surface area contributed by atoms with Gasteiger partial charge in [0.05, 0.1) is 10.8 Å². The lowest BCUT2D eigenvalue weighted by atomic mass is 9.77. The second-order valence-corrected chi connectivity index (χ2v) is 6.54. The quantitative estimate of drug-likeness (QED) is 0.879. The van der Waals surface area contributed by atoms with E-state index in [9.17, 15) is 19.1 Å². The molecule has 0 heterocycles. The number of hydrogen-bond acceptors (Lipinski definition) is 2. The highest BCUT2D eigenvalue weighted by Crippen LogP contribution is 2.46. The predicted octanol–water partition coefficient (Wildman–Crippen LogP) is 2.62. The van der Waals surface area contributed by atoms with Crippen LogP contribution < -0.4 is 5.32 Å². The average Bonchev–Trinajstić information content (AvgIpc) is 3.14. The van der Waals surface area contributed by atoms with Crippen LogP contribution in [0.1, 0.15) is 44.1 Å². The van der Waals surface area contributed by atoms with E-state index in [0.29, 0.717) is 31.2 Å². The van der Waals surface area contributed by atoms with E-state index in [1.165, 1.54) is 6.07 Å². The van der Waals surface area contributed by atoms with Crippen molar-refractivity contribution < 1.29 is 19.1 Å². The van der Waals surface area contributed by atoms with E-state index >= 15 is 0 Å². The number of halogens is 1. The molecular formula is C17H20FNO3. The number of benzene rings is 1. The van der Waals surface area contributed by atoms with Gasteiger partial charge in [-0.05, 0) is 31.7 Å². The van der Waals surface area contributed by atoms with Crippen molar-refractivity contribution in [2.75, 3.05) is 6.54 Å². The number of rotatable bonds is 5. The highest BCUT2D eigenvalue weighted by molar-refractivity contribution is 5.89. The Balaban J connectivity index is 1.81. The third kappa shape index (κ3) is 2.38. The van der Waals surface area contributed by atoms with Crippen LogP contribution in [0.3, 0.4) is 0 Å². The zero-order valence-electron chi connectivity index (χ0n) is 12.4. The number of carboxylic acids is 1. The van der Waals surface area contributed by atoms with E-state index in [1.807, 2.05) is 0 Å². The third-order valence-corrected chi connectivity index (χ3v) is 5.18. The van der Waals surface area contributed by atoms with Crippen LogP contribution in [-0.2, 0) is 15.0 Å². The van der Waals surface area contributed by atoms with E-state index in [1.54, 1.807) is 18.2 Å². The summed E-state index contributed by atoms with van der Waals surface area (Å²) in [6, 6.07) is 6.40. The van der Waals surface area contributed by atoms with Crippen molar-refractivity contribution in [3.63, 3.8) is 0 Å². The molecule has 1 aromatic rings. The highest BCUT2D eigenvalue weighted by atomic mass is 19.1. The molecule has 2 N–H and O–H groups in total. The van der Waals surface area contributed by atoms with Gasteiger partial charge < -0.3 is 10.4 Å². The van der Waals surface area contributed by atoms with Crippen molar-refractivity contribution in [2.24, 2.45) is 5.41 Å². The van der Waals surface area contributed by atoms with E-state index in [2.05, 4.69) is 5.32 Å². The van der Waals surface area contributed by atoms with Gasteiger partial charge in [-0.3, -0.25) is 9.59 Å². The van der Waals surface area contributed by atoms with Crippen LogP contribution in [0.2, 0.25) is 0 Å². The molecular weight excluding hydrogens is 285 g/mol. The standard InChI is InChI=1S/C17H20FNO3/c18-13-6-2-1-5-12(13)17(7-3-4-8-17)14(20)19-11-16(9-10-16)15(21)22/h1-2,5-6H,3-4,7-11H2,(H,19,20)(H,21,22). The Hall–Kier alpha value is -1.91. The molecule has 2 aliphatic rings. The first kappa shape index (κ1) is 15.0. The predicted molar refractivity (Wildman–Crippen MR) is 78.9 cm³/mol. The van der Waals surface area contributed by atoms with Crippen molar-refractivity contribution in [1.29, 1.82) is 0 Å². The van der Waals surface area contributed by atoms with Crippen LogP contribution >= 0.6 is 0 Å². The molecule has 5 heteroatoms. The Labute approximate surface area is 128 Å². The monoisotopic (exact) mass is 305 g/mol. The minimum Gasteiger partial charge on any atom is -0.481 e. The van der Waals surface area contributed by atoms with E-state index in [-0.39, 0.29) is 18.3 Å². The van der Waals surface area contributed by atoms with Gasteiger partial charge in [-0.2, -0.15) is 0 Å². The van der Waals surface area contributed by atoms with Crippen LogP contribution in [0.5, 0.6) is 0 Å². The van der Waals surface area contributed by atoms with Crippen molar-refractivity contribution in [3.8, 4) is 0 Å². The van der Waals surface area contributed by atoms with Crippen molar-refractivity contribution >= 4 is 11.9 Å². The second-order valence-electron chi connectivity index (χ2n) is 6.54.